The molecule has 2 aromatic heterocycles. The minimum Gasteiger partial charge on any atom is -0.467 e. The van der Waals surface area contributed by atoms with Crippen LogP contribution in [0.5, 0.6) is 0 Å². The Bertz CT molecular complexity index is 542. The van der Waals surface area contributed by atoms with Gasteiger partial charge in [0.25, 0.3) is 5.56 Å². The van der Waals surface area contributed by atoms with Crippen molar-refractivity contribution in [2.24, 2.45) is 10.2 Å². The highest BCUT2D eigenvalue weighted by Crippen LogP contribution is 2.05. The van der Waals surface area contributed by atoms with E-state index >= 15 is 0 Å². The number of aromatic amines is 1. The standard InChI is InChI=1S/C10H10N4O2/c1-7-5-9(15)13-10(12-7)14-11-6-8-3-2-4-16-8/h2-5H,6H2,1H3,(H,12,13,15). The van der Waals surface area contributed by atoms with Gasteiger partial charge < -0.3 is 4.42 Å². The van der Waals surface area contributed by atoms with Crippen molar-refractivity contribution in [3.63, 3.8) is 0 Å². The zero-order valence-corrected chi connectivity index (χ0v) is 8.67. The summed E-state index contributed by atoms with van der Waals surface area (Å²) in [6, 6.07) is 4.97. The topological polar surface area (TPSA) is 83.6 Å². The molecule has 2 heterocycles. The van der Waals surface area contributed by atoms with E-state index in [0.717, 1.165) is 0 Å². The lowest BCUT2D eigenvalue weighted by molar-refractivity contribution is 0.509. The first-order valence-corrected chi connectivity index (χ1v) is 4.72. The zero-order valence-electron chi connectivity index (χ0n) is 8.67. The van der Waals surface area contributed by atoms with Crippen molar-refractivity contribution >= 4 is 5.95 Å². The maximum atomic E-state index is 11.1. The van der Waals surface area contributed by atoms with Gasteiger partial charge in [-0.3, -0.25) is 9.78 Å². The van der Waals surface area contributed by atoms with Crippen molar-refractivity contribution in [2.45, 2.75) is 13.5 Å². The summed E-state index contributed by atoms with van der Waals surface area (Å²) < 4.78 is 5.07. The molecule has 2 rings (SSSR count). The van der Waals surface area contributed by atoms with E-state index in [1.165, 1.54) is 6.07 Å². The van der Waals surface area contributed by atoms with Crippen LogP contribution in [0, 0.1) is 6.92 Å². The van der Waals surface area contributed by atoms with Gasteiger partial charge in [-0.2, -0.15) is 5.11 Å². The number of azo groups is 1. The molecule has 0 bridgehead atoms. The molecule has 1 N–H and O–H groups in total. The van der Waals surface area contributed by atoms with Crippen LogP contribution in [0.3, 0.4) is 0 Å². The van der Waals surface area contributed by atoms with Gasteiger partial charge >= 0.3 is 0 Å². The summed E-state index contributed by atoms with van der Waals surface area (Å²) in [4.78, 5) is 17.6. The molecule has 0 aliphatic rings. The fraction of sp³-hybridized carbons (Fsp3) is 0.200. The maximum Gasteiger partial charge on any atom is 0.252 e. The number of rotatable bonds is 3. The molecule has 0 aliphatic carbocycles. The SMILES string of the molecule is Cc1cc(=O)[nH]c(N=NCc2ccco2)n1. The molecule has 0 fully saturated rings. The van der Waals surface area contributed by atoms with Crippen molar-refractivity contribution in [2.75, 3.05) is 0 Å². The lowest BCUT2D eigenvalue weighted by Crippen LogP contribution is -2.05. The fourth-order valence-electron chi connectivity index (χ4n) is 1.19. The summed E-state index contributed by atoms with van der Waals surface area (Å²) in [5.41, 5.74) is 0.371. The highest BCUT2D eigenvalue weighted by molar-refractivity contribution is 5.15. The van der Waals surface area contributed by atoms with Crippen LogP contribution in [0.1, 0.15) is 11.5 Å². The second kappa shape index (κ2) is 4.52. The molecule has 82 valence electrons. The molecular weight excluding hydrogens is 208 g/mol. The van der Waals surface area contributed by atoms with Crippen molar-refractivity contribution < 1.29 is 4.42 Å². The summed E-state index contributed by atoms with van der Waals surface area (Å²) >= 11 is 0. The first kappa shape index (κ1) is 10.3. The van der Waals surface area contributed by atoms with Gasteiger partial charge in [0.05, 0.1) is 6.26 Å². The highest BCUT2D eigenvalue weighted by atomic mass is 16.3. The number of hydrogen-bond donors (Lipinski definition) is 1. The second-order valence-corrected chi connectivity index (χ2v) is 3.19. The van der Waals surface area contributed by atoms with Gasteiger partial charge in [0.2, 0.25) is 5.95 Å². The van der Waals surface area contributed by atoms with Gasteiger partial charge in [-0.25, -0.2) is 4.98 Å². The summed E-state index contributed by atoms with van der Waals surface area (Å²) in [7, 11) is 0. The van der Waals surface area contributed by atoms with Gasteiger partial charge in [0, 0.05) is 11.8 Å². The van der Waals surface area contributed by atoms with E-state index in [4.69, 9.17) is 4.42 Å². The van der Waals surface area contributed by atoms with Crippen LogP contribution >= 0.6 is 0 Å². The van der Waals surface area contributed by atoms with E-state index in [1.54, 1.807) is 25.3 Å². The average molecular weight is 218 g/mol. The first-order chi connectivity index (χ1) is 7.74. The Morgan fingerprint density at radius 3 is 3.12 bits per heavy atom. The molecule has 0 atom stereocenters. The molecule has 0 aliphatic heterocycles. The van der Waals surface area contributed by atoms with Gasteiger partial charge in [0.1, 0.15) is 12.3 Å². The first-order valence-electron chi connectivity index (χ1n) is 4.72. The number of aryl methyl sites for hydroxylation is 1. The van der Waals surface area contributed by atoms with E-state index in [9.17, 15) is 4.79 Å². The third kappa shape index (κ3) is 2.63. The summed E-state index contributed by atoms with van der Waals surface area (Å²) in [5, 5.41) is 7.67. The lowest BCUT2D eigenvalue weighted by atomic mass is 10.4. The van der Waals surface area contributed by atoms with Crippen LogP contribution in [0.4, 0.5) is 5.95 Å². The Hall–Kier alpha value is -2.24. The monoisotopic (exact) mass is 218 g/mol. The van der Waals surface area contributed by atoms with Crippen molar-refractivity contribution in [1.29, 1.82) is 0 Å². The normalized spacial score (nSPS) is 11.1. The molecule has 6 nitrogen and oxygen atoms in total. The quantitative estimate of drug-likeness (QED) is 0.799. The molecule has 2 aromatic rings. The minimum absolute atomic E-state index is 0.205. The van der Waals surface area contributed by atoms with Gasteiger partial charge in [-0.05, 0) is 19.1 Å². The summed E-state index contributed by atoms with van der Waals surface area (Å²) in [5.74, 6) is 0.912. The Balaban J connectivity index is 2.09. The third-order valence-electron chi connectivity index (χ3n) is 1.83. The Morgan fingerprint density at radius 1 is 1.56 bits per heavy atom. The second-order valence-electron chi connectivity index (χ2n) is 3.19. The van der Waals surface area contributed by atoms with E-state index in [1.807, 2.05) is 0 Å². The number of hydrogen-bond acceptors (Lipinski definition) is 5. The lowest BCUT2D eigenvalue weighted by Gasteiger charge is -1.93. The highest BCUT2D eigenvalue weighted by Gasteiger charge is 1.96. The van der Waals surface area contributed by atoms with Gasteiger partial charge in [-0.15, -0.1) is 5.11 Å². The predicted molar refractivity (Wildman–Crippen MR) is 56.5 cm³/mol. The zero-order chi connectivity index (χ0) is 11.4. The number of nitrogens with zero attached hydrogens (tertiary/aromatic N) is 3. The smallest absolute Gasteiger partial charge is 0.252 e. The van der Waals surface area contributed by atoms with Gasteiger partial charge in [-0.1, -0.05) is 0 Å². The Morgan fingerprint density at radius 2 is 2.44 bits per heavy atom. The molecule has 16 heavy (non-hydrogen) atoms. The average Bonchev–Trinajstić information content (AvgIpc) is 2.69. The Labute approximate surface area is 91.1 Å². The molecule has 0 saturated carbocycles. The molecule has 0 radical (unpaired) electrons. The van der Waals surface area contributed by atoms with Crippen LogP contribution in [-0.2, 0) is 6.54 Å². The van der Waals surface area contributed by atoms with Crippen molar-refractivity contribution in [1.82, 2.24) is 9.97 Å². The van der Waals surface area contributed by atoms with Crippen LogP contribution in [-0.4, -0.2) is 9.97 Å². The van der Waals surface area contributed by atoms with E-state index < -0.39 is 0 Å². The van der Waals surface area contributed by atoms with Crippen LogP contribution in [0.25, 0.3) is 0 Å². The summed E-state index contributed by atoms with van der Waals surface area (Å²) in [6.07, 6.45) is 1.57. The molecule has 0 aromatic carbocycles. The van der Waals surface area contributed by atoms with Crippen LogP contribution < -0.4 is 5.56 Å². The number of nitrogens with one attached hydrogen (secondary N) is 1. The number of H-pyrrole nitrogens is 1. The third-order valence-corrected chi connectivity index (χ3v) is 1.83. The van der Waals surface area contributed by atoms with E-state index in [0.29, 0.717) is 18.0 Å². The molecule has 0 spiro atoms. The maximum absolute atomic E-state index is 11.1. The predicted octanol–water partition coefficient (Wildman–Crippen LogP) is 1.96. The number of aromatic nitrogens is 2. The number of furan rings is 1. The molecule has 0 unspecified atom stereocenters. The minimum atomic E-state index is -0.237. The fourth-order valence-corrected chi connectivity index (χ4v) is 1.19. The van der Waals surface area contributed by atoms with Crippen LogP contribution in [0.2, 0.25) is 0 Å². The molecular formula is C10H10N4O2. The van der Waals surface area contributed by atoms with Crippen molar-refractivity contribution in [3.05, 3.63) is 46.3 Å². The van der Waals surface area contributed by atoms with E-state index in [-0.39, 0.29) is 11.5 Å². The van der Waals surface area contributed by atoms with Crippen molar-refractivity contribution in [3.8, 4) is 0 Å². The largest absolute Gasteiger partial charge is 0.467 e. The summed E-state index contributed by atoms with van der Waals surface area (Å²) in [6.45, 7) is 2.05. The molecule has 0 saturated heterocycles. The van der Waals surface area contributed by atoms with Gasteiger partial charge in [0.15, 0.2) is 0 Å². The van der Waals surface area contributed by atoms with E-state index in [2.05, 4.69) is 20.2 Å². The van der Waals surface area contributed by atoms with Crippen LogP contribution in [0.15, 0.2) is 43.9 Å². The Kier molecular flexibility index (Phi) is 2.90. The molecule has 6 heteroatoms. The molecule has 0 amide bonds.